The number of rotatable bonds is 1. The summed E-state index contributed by atoms with van der Waals surface area (Å²) in [6.45, 7) is 7.32. The highest BCUT2D eigenvalue weighted by Crippen LogP contribution is 2.37. The Morgan fingerprint density at radius 2 is 2.12 bits per heavy atom. The zero-order valence-electron chi connectivity index (χ0n) is 10.7. The maximum Gasteiger partial charge on any atom is 0.0767 e. The van der Waals surface area contributed by atoms with E-state index < -0.39 is 0 Å². The fourth-order valence-electron chi connectivity index (χ4n) is 2.53. The standard InChI is InChI=1S/C14H20BrNO/c1-10-6-7-12(11(15)9-10)16-8-4-5-13(17)14(16,2)3/h6-7,9,13,17H,4-5,8H2,1-3H3. The molecule has 2 rings (SSSR count). The van der Waals surface area contributed by atoms with Gasteiger partial charge in [0, 0.05) is 11.0 Å². The Hall–Kier alpha value is -0.540. The Morgan fingerprint density at radius 3 is 2.76 bits per heavy atom. The molecule has 2 nitrogen and oxygen atoms in total. The molecular weight excluding hydrogens is 278 g/mol. The van der Waals surface area contributed by atoms with E-state index in [1.807, 2.05) is 0 Å². The summed E-state index contributed by atoms with van der Waals surface area (Å²) in [4.78, 5) is 2.31. The van der Waals surface area contributed by atoms with Crippen LogP contribution in [0, 0.1) is 6.92 Å². The smallest absolute Gasteiger partial charge is 0.0767 e. The topological polar surface area (TPSA) is 23.5 Å². The van der Waals surface area contributed by atoms with Crippen molar-refractivity contribution in [2.75, 3.05) is 11.4 Å². The van der Waals surface area contributed by atoms with Crippen LogP contribution in [0.15, 0.2) is 22.7 Å². The van der Waals surface area contributed by atoms with Crippen molar-refractivity contribution in [1.29, 1.82) is 0 Å². The molecule has 94 valence electrons. The normalized spacial score (nSPS) is 23.8. The van der Waals surface area contributed by atoms with Gasteiger partial charge < -0.3 is 10.0 Å². The van der Waals surface area contributed by atoms with E-state index in [0.717, 1.165) is 23.9 Å². The minimum atomic E-state index is -0.260. The number of aliphatic hydroxyl groups excluding tert-OH is 1. The van der Waals surface area contributed by atoms with Gasteiger partial charge in [-0.05, 0) is 67.2 Å². The minimum absolute atomic E-state index is 0.198. The van der Waals surface area contributed by atoms with Gasteiger partial charge in [0.1, 0.15) is 0 Å². The number of anilines is 1. The van der Waals surface area contributed by atoms with Crippen molar-refractivity contribution < 1.29 is 5.11 Å². The summed E-state index contributed by atoms with van der Waals surface area (Å²) in [5.74, 6) is 0. The van der Waals surface area contributed by atoms with Gasteiger partial charge in [0.15, 0.2) is 0 Å². The number of benzene rings is 1. The Labute approximate surface area is 112 Å². The van der Waals surface area contributed by atoms with Crippen LogP contribution in [0.2, 0.25) is 0 Å². The van der Waals surface area contributed by atoms with Crippen LogP contribution < -0.4 is 4.90 Å². The first-order valence-electron chi connectivity index (χ1n) is 6.15. The molecule has 0 amide bonds. The molecule has 0 aromatic heterocycles. The fraction of sp³-hybridized carbons (Fsp3) is 0.571. The second-order valence-corrected chi connectivity index (χ2v) is 6.27. The van der Waals surface area contributed by atoms with Gasteiger partial charge in [0.05, 0.1) is 17.3 Å². The second-order valence-electron chi connectivity index (χ2n) is 5.42. The summed E-state index contributed by atoms with van der Waals surface area (Å²) >= 11 is 3.63. The van der Waals surface area contributed by atoms with Crippen molar-refractivity contribution in [2.45, 2.75) is 45.3 Å². The van der Waals surface area contributed by atoms with Crippen LogP contribution in [-0.2, 0) is 0 Å². The van der Waals surface area contributed by atoms with E-state index >= 15 is 0 Å². The van der Waals surface area contributed by atoms with Gasteiger partial charge in [0.2, 0.25) is 0 Å². The summed E-state index contributed by atoms with van der Waals surface area (Å²) in [6, 6.07) is 6.39. The monoisotopic (exact) mass is 297 g/mol. The van der Waals surface area contributed by atoms with Crippen molar-refractivity contribution >= 4 is 21.6 Å². The molecule has 1 aromatic carbocycles. The van der Waals surface area contributed by atoms with Crippen LogP contribution >= 0.6 is 15.9 Å². The predicted octanol–water partition coefficient (Wildman–Crippen LogP) is 3.50. The zero-order valence-corrected chi connectivity index (χ0v) is 12.3. The molecule has 1 aliphatic heterocycles. The number of aryl methyl sites for hydroxylation is 1. The van der Waals surface area contributed by atoms with Crippen molar-refractivity contribution in [3.63, 3.8) is 0 Å². The average Bonchev–Trinajstić information content (AvgIpc) is 2.23. The summed E-state index contributed by atoms with van der Waals surface area (Å²) < 4.78 is 1.11. The number of hydrogen-bond acceptors (Lipinski definition) is 2. The lowest BCUT2D eigenvalue weighted by Crippen LogP contribution is -2.56. The van der Waals surface area contributed by atoms with E-state index in [4.69, 9.17) is 0 Å². The first-order valence-corrected chi connectivity index (χ1v) is 6.94. The Morgan fingerprint density at radius 1 is 1.41 bits per heavy atom. The van der Waals surface area contributed by atoms with Crippen LogP contribution in [0.5, 0.6) is 0 Å². The lowest BCUT2D eigenvalue weighted by atomic mass is 9.86. The number of halogens is 1. The SMILES string of the molecule is Cc1ccc(N2CCCC(O)C2(C)C)c(Br)c1. The molecule has 3 heteroatoms. The molecule has 0 aliphatic carbocycles. The first-order chi connectivity index (χ1) is 7.93. The van der Waals surface area contributed by atoms with Gasteiger partial charge in [-0.2, -0.15) is 0 Å². The molecule has 1 heterocycles. The molecular formula is C14H20BrNO. The molecule has 0 bridgehead atoms. The highest BCUT2D eigenvalue weighted by atomic mass is 79.9. The van der Waals surface area contributed by atoms with Gasteiger partial charge in [-0.1, -0.05) is 6.07 Å². The molecule has 1 aliphatic rings. The Kier molecular flexibility index (Phi) is 3.50. The van der Waals surface area contributed by atoms with Crippen LogP contribution in [0.1, 0.15) is 32.3 Å². The van der Waals surface area contributed by atoms with Crippen molar-refractivity contribution in [2.24, 2.45) is 0 Å². The zero-order chi connectivity index (χ0) is 12.6. The summed E-state index contributed by atoms with van der Waals surface area (Å²) in [6.07, 6.45) is 1.68. The molecule has 17 heavy (non-hydrogen) atoms. The van der Waals surface area contributed by atoms with Gasteiger partial charge in [-0.15, -0.1) is 0 Å². The Bertz CT molecular complexity index is 417. The molecule has 1 N–H and O–H groups in total. The predicted molar refractivity (Wildman–Crippen MR) is 75.5 cm³/mol. The lowest BCUT2D eigenvalue weighted by molar-refractivity contribution is 0.0711. The van der Waals surface area contributed by atoms with Gasteiger partial charge >= 0.3 is 0 Å². The van der Waals surface area contributed by atoms with Gasteiger partial charge in [-0.3, -0.25) is 0 Å². The highest BCUT2D eigenvalue weighted by Gasteiger charge is 2.38. The minimum Gasteiger partial charge on any atom is -0.391 e. The fourth-order valence-corrected chi connectivity index (χ4v) is 3.23. The van der Waals surface area contributed by atoms with E-state index in [2.05, 4.69) is 59.8 Å². The molecule has 0 spiro atoms. The van der Waals surface area contributed by atoms with Crippen molar-refractivity contribution in [3.8, 4) is 0 Å². The number of nitrogens with zero attached hydrogens (tertiary/aromatic N) is 1. The van der Waals surface area contributed by atoms with Gasteiger partial charge in [-0.25, -0.2) is 0 Å². The summed E-state index contributed by atoms with van der Waals surface area (Å²) in [7, 11) is 0. The van der Waals surface area contributed by atoms with Crippen LogP contribution in [-0.4, -0.2) is 23.3 Å². The third kappa shape index (κ3) is 2.36. The van der Waals surface area contributed by atoms with Crippen molar-refractivity contribution in [1.82, 2.24) is 0 Å². The third-order valence-electron chi connectivity index (χ3n) is 3.76. The van der Waals surface area contributed by atoms with E-state index in [-0.39, 0.29) is 11.6 Å². The molecule has 1 unspecified atom stereocenters. The number of aliphatic hydroxyl groups is 1. The van der Waals surface area contributed by atoms with E-state index in [9.17, 15) is 5.11 Å². The molecule has 1 atom stereocenters. The largest absolute Gasteiger partial charge is 0.391 e. The van der Waals surface area contributed by atoms with Crippen LogP contribution in [0.25, 0.3) is 0 Å². The van der Waals surface area contributed by atoms with Crippen LogP contribution in [0.3, 0.4) is 0 Å². The summed E-state index contributed by atoms with van der Waals surface area (Å²) in [5, 5.41) is 10.2. The molecule has 0 saturated carbocycles. The molecule has 0 radical (unpaired) electrons. The highest BCUT2D eigenvalue weighted by molar-refractivity contribution is 9.10. The maximum absolute atomic E-state index is 10.2. The average molecular weight is 298 g/mol. The summed E-state index contributed by atoms with van der Waals surface area (Å²) in [5.41, 5.74) is 2.23. The lowest BCUT2D eigenvalue weighted by Gasteiger charge is -2.47. The number of hydrogen-bond donors (Lipinski definition) is 1. The number of piperidine rings is 1. The van der Waals surface area contributed by atoms with E-state index in [1.165, 1.54) is 11.3 Å². The second kappa shape index (κ2) is 4.62. The van der Waals surface area contributed by atoms with Crippen LogP contribution in [0.4, 0.5) is 5.69 Å². The third-order valence-corrected chi connectivity index (χ3v) is 4.40. The van der Waals surface area contributed by atoms with E-state index in [1.54, 1.807) is 0 Å². The quantitative estimate of drug-likeness (QED) is 0.858. The van der Waals surface area contributed by atoms with E-state index in [0.29, 0.717) is 0 Å². The van der Waals surface area contributed by atoms with Crippen molar-refractivity contribution in [3.05, 3.63) is 28.2 Å². The molecule has 1 aromatic rings. The van der Waals surface area contributed by atoms with Gasteiger partial charge in [0.25, 0.3) is 0 Å². The Balaban J connectivity index is 2.38. The first kappa shape index (κ1) is 12.9. The molecule has 1 fully saturated rings. The maximum atomic E-state index is 10.2. The molecule has 1 saturated heterocycles.